The molecule has 5 rings (SSSR count). The molecule has 0 bridgehead atoms. The molecule has 1 atom stereocenters. The summed E-state index contributed by atoms with van der Waals surface area (Å²) < 4.78 is 16.6. The Balaban J connectivity index is 1.59. The summed E-state index contributed by atoms with van der Waals surface area (Å²) in [5, 5.41) is 0.658. The lowest BCUT2D eigenvalue weighted by Crippen LogP contribution is -2.40. The van der Waals surface area contributed by atoms with Crippen molar-refractivity contribution in [2.45, 2.75) is 65.5 Å². The highest BCUT2D eigenvalue weighted by molar-refractivity contribution is 6.30. The molecule has 1 unspecified atom stereocenters. The first kappa shape index (κ1) is 26.5. The van der Waals surface area contributed by atoms with E-state index in [0.717, 1.165) is 48.3 Å². The van der Waals surface area contributed by atoms with Crippen LogP contribution in [0.15, 0.2) is 64.2 Å². The number of hydrogen-bond donors (Lipinski definition) is 0. The van der Waals surface area contributed by atoms with Gasteiger partial charge in [-0.15, -0.1) is 0 Å². The van der Waals surface area contributed by atoms with Crippen LogP contribution in [0.3, 0.4) is 0 Å². The molecule has 0 saturated carbocycles. The highest BCUT2D eigenvalue weighted by atomic mass is 35.5. The van der Waals surface area contributed by atoms with Crippen LogP contribution in [0.4, 0.5) is 0 Å². The molecule has 0 spiro atoms. The van der Waals surface area contributed by atoms with E-state index in [4.69, 9.17) is 21.1 Å². The van der Waals surface area contributed by atoms with Crippen molar-refractivity contribution in [2.75, 3.05) is 13.2 Å². The summed E-state index contributed by atoms with van der Waals surface area (Å²) in [6, 6.07) is 17.8. The van der Waals surface area contributed by atoms with Gasteiger partial charge in [0.15, 0.2) is 6.29 Å². The second kappa shape index (κ2) is 11.7. The summed E-state index contributed by atoms with van der Waals surface area (Å²) in [6.07, 6.45) is 3.40. The van der Waals surface area contributed by atoms with Crippen molar-refractivity contribution in [3.63, 3.8) is 0 Å². The molecule has 38 heavy (non-hydrogen) atoms. The molecule has 200 valence electrons. The maximum atomic E-state index is 14.0. The first-order valence-corrected chi connectivity index (χ1v) is 13.8. The molecule has 2 aromatic heterocycles. The van der Waals surface area contributed by atoms with E-state index in [-0.39, 0.29) is 24.1 Å². The van der Waals surface area contributed by atoms with E-state index >= 15 is 0 Å². The maximum absolute atomic E-state index is 14.0. The Labute approximate surface area is 227 Å². The molecule has 8 heteroatoms. The summed E-state index contributed by atoms with van der Waals surface area (Å²) in [5.74, 6) is 0. The average molecular weight is 536 g/mol. The van der Waals surface area contributed by atoms with E-state index in [1.165, 1.54) is 4.57 Å². The zero-order valence-corrected chi connectivity index (χ0v) is 22.7. The Morgan fingerprint density at radius 2 is 1.84 bits per heavy atom. The van der Waals surface area contributed by atoms with Crippen molar-refractivity contribution in [2.24, 2.45) is 0 Å². The van der Waals surface area contributed by atoms with Crippen LogP contribution in [0.2, 0.25) is 5.02 Å². The topological polar surface area (TPSA) is 67.4 Å². The minimum atomic E-state index is -0.296. The number of nitrogens with zero attached hydrogens (tertiary/aromatic N) is 3. The SMILES string of the molecule is CCn1c(=O)n(CCCOC2CCCCO2)c(=O)c2c1cc(-c1ccc(Cl)cc1C)n2Cc1ccccc1. The smallest absolute Gasteiger partial charge is 0.331 e. The Morgan fingerprint density at radius 3 is 2.55 bits per heavy atom. The maximum Gasteiger partial charge on any atom is 0.331 e. The normalized spacial score (nSPS) is 15.8. The molecule has 1 fully saturated rings. The van der Waals surface area contributed by atoms with Gasteiger partial charge in [0.1, 0.15) is 5.52 Å². The lowest BCUT2D eigenvalue weighted by atomic mass is 10.1. The highest BCUT2D eigenvalue weighted by Gasteiger charge is 2.22. The Kier molecular flexibility index (Phi) is 8.17. The van der Waals surface area contributed by atoms with Gasteiger partial charge < -0.3 is 14.0 Å². The van der Waals surface area contributed by atoms with Crippen LogP contribution < -0.4 is 11.2 Å². The van der Waals surface area contributed by atoms with Gasteiger partial charge in [0.2, 0.25) is 0 Å². The zero-order chi connectivity index (χ0) is 26.6. The van der Waals surface area contributed by atoms with E-state index in [9.17, 15) is 9.59 Å². The van der Waals surface area contributed by atoms with Gasteiger partial charge in [0.05, 0.1) is 17.8 Å². The van der Waals surface area contributed by atoms with Crippen LogP contribution in [0.1, 0.15) is 43.7 Å². The van der Waals surface area contributed by atoms with E-state index in [1.807, 2.05) is 73.0 Å². The Morgan fingerprint density at radius 1 is 1.03 bits per heavy atom. The van der Waals surface area contributed by atoms with Crippen molar-refractivity contribution < 1.29 is 9.47 Å². The molecule has 0 radical (unpaired) electrons. The molecule has 7 nitrogen and oxygen atoms in total. The first-order valence-electron chi connectivity index (χ1n) is 13.4. The summed E-state index contributed by atoms with van der Waals surface area (Å²) in [4.78, 5) is 27.4. The van der Waals surface area contributed by atoms with Crippen LogP contribution in [-0.4, -0.2) is 33.2 Å². The molecule has 4 aromatic rings. The molecular weight excluding hydrogens is 502 g/mol. The number of hydrogen-bond acceptors (Lipinski definition) is 4. The average Bonchev–Trinajstić information content (AvgIpc) is 3.28. The molecule has 1 aliphatic rings. The van der Waals surface area contributed by atoms with Gasteiger partial charge in [-0.1, -0.05) is 48.0 Å². The second-order valence-electron chi connectivity index (χ2n) is 9.80. The molecule has 0 N–H and O–H groups in total. The fourth-order valence-electron chi connectivity index (χ4n) is 5.28. The lowest BCUT2D eigenvalue weighted by molar-refractivity contribution is -0.163. The lowest BCUT2D eigenvalue weighted by Gasteiger charge is -2.22. The van der Waals surface area contributed by atoms with Crippen molar-refractivity contribution in [1.82, 2.24) is 13.7 Å². The number of halogens is 1. The monoisotopic (exact) mass is 535 g/mol. The van der Waals surface area contributed by atoms with Crippen LogP contribution >= 0.6 is 11.6 Å². The summed E-state index contributed by atoms with van der Waals surface area (Å²) in [6.45, 7) is 6.33. The molecule has 2 aromatic carbocycles. The number of rotatable bonds is 9. The molecule has 0 aliphatic carbocycles. The molecule has 1 saturated heterocycles. The number of aryl methyl sites for hydroxylation is 2. The molecule has 3 heterocycles. The third-order valence-electron chi connectivity index (χ3n) is 7.21. The highest BCUT2D eigenvalue weighted by Crippen LogP contribution is 2.31. The van der Waals surface area contributed by atoms with Crippen molar-refractivity contribution in [1.29, 1.82) is 0 Å². The van der Waals surface area contributed by atoms with Crippen molar-refractivity contribution in [3.8, 4) is 11.3 Å². The minimum Gasteiger partial charge on any atom is -0.353 e. The van der Waals surface area contributed by atoms with Gasteiger partial charge in [0, 0.05) is 36.8 Å². The Hall–Kier alpha value is -3.13. The van der Waals surface area contributed by atoms with Crippen LogP contribution in [0.25, 0.3) is 22.3 Å². The van der Waals surface area contributed by atoms with Gasteiger partial charge in [-0.05, 0) is 68.9 Å². The molecule has 1 aliphatic heterocycles. The summed E-state index contributed by atoms with van der Waals surface area (Å²) in [5.41, 5.74) is 4.52. The fraction of sp³-hybridized carbons (Fsp3) is 0.400. The minimum absolute atomic E-state index is 0.191. The quantitative estimate of drug-likeness (QED) is 0.262. The third kappa shape index (κ3) is 5.37. The van der Waals surface area contributed by atoms with Gasteiger partial charge in [0.25, 0.3) is 5.56 Å². The van der Waals surface area contributed by atoms with Gasteiger partial charge >= 0.3 is 5.69 Å². The number of fused-ring (bicyclic) bond motifs is 1. The first-order chi connectivity index (χ1) is 18.5. The van der Waals surface area contributed by atoms with Crippen molar-refractivity contribution in [3.05, 3.63) is 91.6 Å². The summed E-state index contributed by atoms with van der Waals surface area (Å²) >= 11 is 6.25. The van der Waals surface area contributed by atoms with Gasteiger partial charge in [-0.3, -0.25) is 13.9 Å². The third-order valence-corrected chi connectivity index (χ3v) is 7.44. The van der Waals surface area contributed by atoms with Gasteiger partial charge in [-0.2, -0.15) is 0 Å². The number of aromatic nitrogens is 3. The second-order valence-corrected chi connectivity index (χ2v) is 10.2. The van der Waals surface area contributed by atoms with Crippen LogP contribution in [0.5, 0.6) is 0 Å². The van der Waals surface area contributed by atoms with Crippen molar-refractivity contribution >= 4 is 22.6 Å². The van der Waals surface area contributed by atoms with E-state index in [2.05, 4.69) is 0 Å². The fourth-order valence-corrected chi connectivity index (χ4v) is 5.51. The molecule has 0 amide bonds. The van der Waals surface area contributed by atoms with E-state index < -0.39 is 0 Å². The van der Waals surface area contributed by atoms with E-state index in [1.54, 1.807) is 4.57 Å². The predicted octanol–water partition coefficient (Wildman–Crippen LogP) is 5.60. The van der Waals surface area contributed by atoms with Crippen LogP contribution in [0, 0.1) is 6.92 Å². The van der Waals surface area contributed by atoms with Crippen LogP contribution in [-0.2, 0) is 29.1 Å². The zero-order valence-electron chi connectivity index (χ0n) is 22.0. The molecular formula is C30H34ClN3O4. The van der Waals surface area contributed by atoms with Gasteiger partial charge in [-0.25, -0.2) is 4.79 Å². The Bertz CT molecular complexity index is 1530. The number of benzene rings is 2. The summed E-state index contributed by atoms with van der Waals surface area (Å²) in [7, 11) is 0. The predicted molar refractivity (Wildman–Crippen MR) is 151 cm³/mol. The largest absolute Gasteiger partial charge is 0.353 e. The standard InChI is InChI=1S/C30H34ClN3O4/c1-3-32-26-19-25(24-14-13-23(31)18-21(24)2)34(20-22-10-5-4-6-11-22)28(26)29(35)33(30(32)36)15-9-17-38-27-12-7-8-16-37-27/h4-6,10-11,13-14,18-19,27H,3,7-9,12,15-17,20H2,1-2H3. The number of ether oxygens (including phenoxy) is 2. The van der Waals surface area contributed by atoms with E-state index in [0.29, 0.717) is 42.2 Å².